The zero-order valence-electron chi connectivity index (χ0n) is 13.6. The van der Waals surface area contributed by atoms with Crippen molar-refractivity contribution in [1.29, 1.82) is 0 Å². The van der Waals surface area contributed by atoms with E-state index in [0.717, 1.165) is 55.2 Å². The third-order valence-corrected chi connectivity index (χ3v) is 4.23. The molecule has 2 aromatic rings. The van der Waals surface area contributed by atoms with Crippen molar-refractivity contribution in [2.75, 3.05) is 30.9 Å². The van der Waals surface area contributed by atoms with Crippen molar-refractivity contribution < 1.29 is 9.53 Å². The number of carbonyl (C=O) groups is 1. The maximum atomic E-state index is 12.2. The molecular formula is C16H23N5O2. The van der Waals surface area contributed by atoms with E-state index in [0.29, 0.717) is 6.61 Å². The molecule has 2 heterocycles. The third-order valence-electron chi connectivity index (χ3n) is 4.23. The lowest BCUT2D eigenvalue weighted by Crippen LogP contribution is -2.28. The molecule has 1 aliphatic rings. The maximum Gasteiger partial charge on any atom is 0.228 e. The number of hydrogen-bond acceptors (Lipinski definition) is 5. The predicted molar refractivity (Wildman–Crippen MR) is 88.7 cm³/mol. The average molecular weight is 317 g/mol. The van der Waals surface area contributed by atoms with Crippen molar-refractivity contribution in [2.24, 2.45) is 5.92 Å². The van der Waals surface area contributed by atoms with E-state index in [-0.39, 0.29) is 11.8 Å². The van der Waals surface area contributed by atoms with Gasteiger partial charge in [-0.2, -0.15) is 0 Å². The Morgan fingerprint density at radius 1 is 1.48 bits per heavy atom. The van der Waals surface area contributed by atoms with Gasteiger partial charge < -0.3 is 15.4 Å². The fourth-order valence-electron chi connectivity index (χ4n) is 2.64. The van der Waals surface area contributed by atoms with E-state index in [9.17, 15) is 4.79 Å². The van der Waals surface area contributed by atoms with Crippen molar-refractivity contribution >= 4 is 23.2 Å². The first kappa shape index (κ1) is 15.7. The number of nitrogens with one attached hydrogen (secondary N) is 2. The molecule has 0 bridgehead atoms. The number of imidazole rings is 1. The van der Waals surface area contributed by atoms with Crippen LogP contribution in [-0.4, -0.2) is 40.5 Å². The Kier molecular flexibility index (Phi) is 4.76. The minimum atomic E-state index is 0.0903. The molecule has 1 saturated carbocycles. The van der Waals surface area contributed by atoms with Gasteiger partial charge >= 0.3 is 0 Å². The lowest BCUT2D eigenvalue weighted by Gasteiger charge is -2.24. The minimum absolute atomic E-state index is 0.0903. The van der Waals surface area contributed by atoms with Crippen LogP contribution in [0.1, 0.15) is 31.4 Å². The minimum Gasteiger partial charge on any atom is -0.385 e. The zero-order valence-corrected chi connectivity index (χ0v) is 13.6. The van der Waals surface area contributed by atoms with Crippen LogP contribution in [0.2, 0.25) is 0 Å². The van der Waals surface area contributed by atoms with E-state index in [4.69, 9.17) is 4.74 Å². The van der Waals surface area contributed by atoms with Crippen molar-refractivity contribution in [3.8, 4) is 0 Å². The topological polar surface area (TPSA) is 80.5 Å². The number of ether oxygens (including phenoxy) is 1. The van der Waals surface area contributed by atoms with E-state index >= 15 is 0 Å². The first-order chi connectivity index (χ1) is 11.2. The summed E-state index contributed by atoms with van der Waals surface area (Å²) in [6, 6.07) is 0. The number of hydrogen-bond donors (Lipinski definition) is 2. The van der Waals surface area contributed by atoms with Crippen LogP contribution in [0.4, 0.5) is 11.6 Å². The van der Waals surface area contributed by atoms with Crippen LogP contribution in [-0.2, 0) is 9.53 Å². The first-order valence-corrected chi connectivity index (χ1v) is 8.07. The standard InChI is InChI=1S/C16H23N5O2/c1-11-15(20-16(22)12-5-3-6-12)21-10-13(17-7-4-8-23-2)18-9-14(21)19-11/h9-10,12,17H,3-8H2,1-2H3,(H,20,22). The molecule has 0 atom stereocenters. The second-order valence-electron chi connectivity index (χ2n) is 5.94. The number of fused-ring (bicyclic) bond motifs is 1. The zero-order chi connectivity index (χ0) is 16.2. The van der Waals surface area contributed by atoms with Gasteiger partial charge in [0.1, 0.15) is 11.6 Å². The van der Waals surface area contributed by atoms with E-state index in [1.54, 1.807) is 13.3 Å². The second-order valence-corrected chi connectivity index (χ2v) is 5.94. The highest BCUT2D eigenvalue weighted by Crippen LogP contribution is 2.28. The van der Waals surface area contributed by atoms with Gasteiger partial charge in [-0.1, -0.05) is 6.42 Å². The Hall–Kier alpha value is -2.15. The van der Waals surface area contributed by atoms with Crippen LogP contribution in [0, 0.1) is 12.8 Å². The van der Waals surface area contributed by atoms with Crippen molar-refractivity contribution in [2.45, 2.75) is 32.6 Å². The van der Waals surface area contributed by atoms with E-state index < -0.39 is 0 Å². The number of rotatable bonds is 7. The van der Waals surface area contributed by atoms with Gasteiger partial charge in [0.05, 0.1) is 18.1 Å². The lowest BCUT2D eigenvalue weighted by molar-refractivity contribution is -0.122. The molecule has 124 valence electrons. The molecular weight excluding hydrogens is 294 g/mol. The van der Waals surface area contributed by atoms with E-state index in [1.807, 2.05) is 17.5 Å². The maximum absolute atomic E-state index is 12.2. The smallest absolute Gasteiger partial charge is 0.228 e. The molecule has 0 radical (unpaired) electrons. The molecule has 1 fully saturated rings. The number of aromatic nitrogens is 3. The third kappa shape index (κ3) is 3.44. The highest BCUT2D eigenvalue weighted by atomic mass is 16.5. The van der Waals surface area contributed by atoms with Gasteiger partial charge in [-0.3, -0.25) is 9.20 Å². The highest BCUT2D eigenvalue weighted by Gasteiger charge is 2.26. The Bertz CT molecular complexity index is 693. The molecule has 1 aliphatic carbocycles. The molecule has 3 rings (SSSR count). The summed E-state index contributed by atoms with van der Waals surface area (Å²) in [6.07, 6.45) is 7.60. The van der Waals surface area contributed by atoms with Gasteiger partial charge in [-0.05, 0) is 26.2 Å². The second kappa shape index (κ2) is 6.95. The van der Waals surface area contributed by atoms with Gasteiger partial charge in [0.15, 0.2) is 5.65 Å². The summed E-state index contributed by atoms with van der Waals surface area (Å²) >= 11 is 0. The number of aryl methyl sites for hydroxylation is 1. The number of methoxy groups -OCH3 is 1. The molecule has 7 heteroatoms. The van der Waals surface area contributed by atoms with Gasteiger partial charge in [-0.15, -0.1) is 0 Å². The van der Waals surface area contributed by atoms with Crippen molar-refractivity contribution in [1.82, 2.24) is 14.4 Å². The highest BCUT2D eigenvalue weighted by molar-refractivity contribution is 5.93. The van der Waals surface area contributed by atoms with Crippen LogP contribution >= 0.6 is 0 Å². The molecule has 0 unspecified atom stereocenters. The Labute approximate surface area is 135 Å². The van der Waals surface area contributed by atoms with Crippen LogP contribution in [0.15, 0.2) is 12.4 Å². The number of nitrogens with zero attached hydrogens (tertiary/aromatic N) is 3. The summed E-state index contributed by atoms with van der Waals surface area (Å²) in [7, 11) is 1.69. The predicted octanol–water partition coefficient (Wildman–Crippen LogP) is 2.22. The van der Waals surface area contributed by atoms with Crippen molar-refractivity contribution in [3.63, 3.8) is 0 Å². The fourth-order valence-corrected chi connectivity index (χ4v) is 2.64. The largest absolute Gasteiger partial charge is 0.385 e. The average Bonchev–Trinajstić information content (AvgIpc) is 2.78. The first-order valence-electron chi connectivity index (χ1n) is 8.07. The molecule has 0 spiro atoms. The molecule has 2 N–H and O–H groups in total. The molecule has 0 saturated heterocycles. The summed E-state index contributed by atoms with van der Waals surface area (Å²) in [6.45, 7) is 3.39. The monoisotopic (exact) mass is 317 g/mol. The van der Waals surface area contributed by atoms with Gasteiger partial charge in [0, 0.05) is 26.2 Å². The Balaban J connectivity index is 1.76. The number of anilines is 2. The van der Waals surface area contributed by atoms with Gasteiger partial charge in [0.25, 0.3) is 0 Å². The SMILES string of the molecule is COCCCNc1cn2c(NC(=O)C3CCC3)c(C)nc2cn1. The molecule has 1 amide bonds. The van der Waals surface area contributed by atoms with Crippen molar-refractivity contribution in [3.05, 3.63) is 18.1 Å². The molecule has 7 nitrogen and oxygen atoms in total. The quantitative estimate of drug-likeness (QED) is 0.765. The Morgan fingerprint density at radius 3 is 3.00 bits per heavy atom. The molecule has 0 aliphatic heterocycles. The summed E-state index contributed by atoms with van der Waals surface area (Å²) in [4.78, 5) is 21.0. The van der Waals surface area contributed by atoms with Crippen LogP contribution in [0.25, 0.3) is 5.65 Å². The number of amides is 1. The molecule has 2 aromatic heterocycles. The number of carbonyl (C=O) groups excluding carboxylic acids is 1. The Morgan fingerprint density at radius 2 is 2.30 bits per heavy atom. The molecule has 0 aromatic carbocycles. The summed E-state index contributed by atoms with van der Waals surface area (Å²) in [5.74, 6) is 1.73. The van der Waals surface area contributed by atoms with Crippen LogP contribution in [0.5, 0.6) is 0 Å². The van der Waals surface area contributed by atoms with Gasteiger partial charge in [-0.25, -0.2) is 9.97 Å². The summed E-state index contributed by atoms with van der Waals surface area (Å²) < 4.78 is 6.92. The fraction of sp³-hybridized carbons (Fsp3) is 0.562. The van der Waals surface area contributed by atoms with Crippen LogP contribution < -0.4 is 10.6 Å². The summed E-state index contributed by atoms with van der Waals surface area (Å²) in [5, 5.41) is 6.28. The summed E-state index contributed by atoms with van der Waals surface area (Å²) in [5.41, 5.74) is 1.53. The normalized spacial score (nSPS) is 14.7. The van der Waals surface area contributed by atoms with Gasteiger partial charge in [0.2, 0.25) is 5.91 Å². The van der Waals surface area contributed by atoms with E-state index in [2.05, 4.69) is 20.6 Å². The van der Waals surface area contributed by atoms with E-state index in [1.165, 1.54) is 0 Å². The lowest BCUT2D eigenvalue weighted by atomic mass is 9.85. The molecule has 23 heavy (non-hydrogen) atoms. The van der Waals surface area contributed by atoms with Crippen LogP contribution in [0.3, 0.4) is 0 Å².